The van der Waals surface area contributed by atoms with Crippen LogP contribution in [0.25, 0.3) is 11.3 Å². The topological polar surface area (TPSA) is 112 Å². The molecule has 8 heteroatoms. The van der Waals surface area contributed by atoms with Gasteiger partial charge in [-0.3, -0.25) is 9.59 Å². The molecular formula is C23H19N5O2S. The Morgan fingerprint density at radius 1 is 1.16 bits per heavy atom. The molecule has 1 aliphatic heterocycles. The van der Waals surface area contributed by atoms with Gasteiger partial charge in [0.15, 0.2) is 0 Å². The number of anilines is 1. The van der Waals surface area contributed by atoms with E-state index in [0.29, 0.717) is 16.4 Å². The normalized spacial score (nSPS) is 17.7. The molecule has 0 spiro atoms. The van der Waals surface area contributed by atoms with Crippen molar-refractivity contribution in [1.29, 1.82) is 5.26 Å². The molecule has 0 bridgehead atoms. The largest absolute Gasteiger partial charge is 0.369 e. The van der Waals surface area contributed by atoms with Gasteiger partial charge in [-0.15, -0.1) is 11.3 Å². The predicted molar refractivity (Wildman–Crippen MR) is 119 cm³/mol. The van der Waals surface area contributed by atoms with Crippen LogP contribution in [0.5, 0.6) is 0 Å². The quantitative estimate of drug-likeness (QED) is 0.645. The van der Waals surface area contributed by atoms with E-state index in [0.717, 1.165) is 11.3 Å². The van der Waals surface area contributed by atoms with Crippen LogP contribution in [0.4, 0.5) is 5.13 Å². The lowest BCUT2D eigenvalue weighted by molar-refractivity contribution is -0.123. The average Bonchev–Trinajstić information content (AvgIpc) is 3.38. The second-order valence-electron chi connectivity index (χ2n) is 7.20. The smallest absolute Gasteiger partial charge is 0.259 e. The zero-order valence-electron chi connectivity index (χ0n) is 16.7. The van der Waals surface area contributed by atoms with Gasteiger partial charge >= 0.3 is 0 Å². The molecular weight excluding hydrogens is 410 g/mol. The van der Waals surface area contributed by atoms with Gasteiger partial charge in [0.05, 0.1) is 17.7 Å². The summed E-state index contributed by atoms with van der Waals surface area (Å²) in [5, 5.41) is 17.7. The maximum absolute atomic E-state index is 13.4. The van der Waals surface area contributed by atoms with Crippen LogP contribution in [0.15, 0.2) is 71.1 Å². The van der Waals surface area contributed by atoms with E-state index in [9.17, 15) is 14.9 Å². The highest BCUT2D eigenvalue weighted by atomic mass is 32.1. The second kappa shape index (κ2) is 8.50. The molecule has 0 saturated carbocycles. The summed E-state index contributed by atoms with van der Waals surface area (Å²) >= 11 is 1.31. The maximum Gasteiger partial charge on any atom is 0.259 e. The molecule has 2 aromatic carbocycles. The highest BCUT2D eigenvalue weighted by molar-refractivity contribution is 7.14. The van der Waals surface area contributed by atoms with Crippen molar-refractivity contribution in [3.8, 4) is 17.3 Å². The summed E-state index contributed by atoms with van der Waals surface area (Å²) in [7, 11) is 0. The van der Waals surface area contributed by atoms with Crippen LogP contribution in [0.1, 0.15) is 18.4 Å². The molecule has 7 nitrogen and oxygen atoms in total. The monoisotopic (exact) mass is 429 g/mol. The molecule has 2 heterocycles. The first-order valence-electron chi connectivity index (χ1n) is 9.65. The number of primary amides is 1. The number of nitriles is 1. The molecule has 3 atom stereocenters. The van der Waals surface area contributed by atoms with Gasteiger partial charge in [-0.25, -0.2) is 4.98 Å². The molecule has 0 fully saturated rings. The van der Waals surface area contributed by atoms with E-state index in [2.05, 4.69) is 10.1 Å². The number of amides is 2. The number of carbonyl (C=O) groups is 2. The molecule has 2 N–H and O–H groups in total. The summed E-state index contributed by atoms with van der Waals surface area (Å²) < 4.78 is 0. The Kier molecular flexibility index (Phi) is 5.60. The third kappa shape index (κ3) is 3.83. The third-order valence-corrected chi connectivity index (χ3v) is 6.09. The zero-order chi connectivity index (χ0) is 22.0. The minimum absolute atomic E-state index is 0.332. The summed E-state index contributed by atoms with van der Waals surface area (Å²) in [5.74, 6) is -3.79. The number of aromatic nitrogens is 1. The molecule has 0 unspecified atom stereocenters. The minimum atomic E-state index is -1.17. The fourth-order valence-electron chi connectivity index (χ4n) is 3.81. The maximum atomic E-state index is 13.4. The van der Waals surface area contributed by atoms with E-state index in [-0.39, 0.29) is 5.91 Å². The van der Waals surface area contributed by atoms with Gasteiger partial charge in [-0.1, -0.05) is 60.7 Å². The number of nitrogens with zero attached hydrogens (tertiary/aromatic N) is 4. The van der Waals surface area contributed by atoms with Gasteiger partial charge in [0.25, 0.3) is 5.91 Å². The fraction of sp³-hybridized carbons (Fsp3) is 0.174. The van der Waals surface area contributed by atoms with E-state index in [1.54, 1.807) is 31.2 Å². The number of carbonyl (C=O) groups excluding carboxylic acids is 2. The Labute approximate surface area is 183 Å². The number of hydrogen-bond acceptors (Lipinski definition) is 6. The second-order valence-corrected chi connectivity index (χ2v) is 8.03. The number of hydrazone groups is 1. The number of rotatable bonds is 6. The molecule has 2 amide bonds. The number of hydrogen-bond donors (Lipinski definition) is 1. The Morgan fingerprint density at radius 3 is 2.42 bits per heavy atom. The van der Waals surface area contributed by atoms with Crippen LogP contribution in [0.3, 0.4) is 0 Å². The van der Waals surface area contributed by atoms with E-state index in [4.69, 9.17) is 5.73 Å². The summed E-state index contributed by atoms with van der Waals surface area (Å²) in [6.45, 7) is 1.72. The van der Waals surface area contributed by atoms with E-state index in [1.165, 1.54) is 16.3 Å². The van der Waals surface area contributed by atoms with Crippen molar-refractivity contribution < 1.29 is 9.59 Å². The molecule has 154 valence electrons. The molecule has 0 radical (unpaired) electrons. The van der Waals surface area contributed by atoms with Crippen LogP contribution >= 0.6 is 11.3 Å². The van der Waals surface area contributed by atoms with E-state index in [1.807, 2.05) is 47.8 Å². The molecule has 0 saturated heterocycles. The Bertz CT molecular complexity index is 1180. The fourth-order valence-corrected chi connectivity index (χ4v) is 4.59. The first-order chi connectivity index (χ1) is 15.0. The molecule has 4 rings (SSSR count). The van der Waals surface area contributed by atoms with Crippen molar-refractivity contribution in [2.45, 2.75) is 12.8 Å². The van der Waals surface area contributed by atoms with Crippen molar-refractivity contribution in [3.63, 3.8) is 0 Å². The first-order valence-corrected chi connectivity index (χ1v) is 10.5. The Morgan fingerprint density at radius 2 is 1.81 bits per heavy atom. The summed E-state index contributed by atoms with van der Waals surface area (Å²) in [4.78, 5) is 30.1. The molecule has 1 aliphatic rings. The van der Waals surface area contributed by atoms with E-state index >= 15 is 0 Å². The number of thiazole rings is 1. The van der Waals surface area contributed by atoms with Gasteiger partial charge in [-0.05, 0) is 12.5 Å². The molecule has 31 heavy (non-hydrogen) atoms. The van der Waals surface area contributed by atoms with Crippen LogP contribution in [-0.2, 0) is 9.59 Å². The standard InChI is InChI=1S/C23H19N5O2S/c1-14-19(20(17(12-24)21(25)29)16-10-6-3-7-11-16)22(30)28(27-14)23-26-18(13-31-23)15-8-4-2-5-9-15/h2-11,13,17,19-20H,1H3,(H2,25,29)/t17-,19-,20-/m0/s1. The van der Waals surface area contributed by atoms with Crippen molar-refractivity contribution in [3.05, 3.63) is 71.6 Å². The summed E-state index contributed by atoms with van der Waals surface area (Å²) in [6.07, 6.45) is 0. The average molecular weight is 430 g/mol. The van der Waals surface area contributed by atoms with Crippen LogP contribution < -0.4 is 10.7 Å². The lowest BCUT2D eigenvalue weighted by Crippen LogP contribution is -2.38. The Balaban J connectivity index is 1.70. The summed E-state index contributed by atoms with van der Waals surface area (Å²) in [5.41, 5.74) is 8.40. The predicted octanol–water partition coefficient (Wildman–Crippen LogP) is 3.56. The van der Waals surface area contributed by atoms with Gasteiger partial charge < -0.3 is 5.73 Å². The number of benzene rings is 2. The van der Waals surface area contributed by atoms with Gasteiger partial charge in [0.2, 0.25) is 11.0 Å². The van der Waals surface area contributed by atoms with Gasteiger partial charge in [-0.2, -0.15) is 15.4 Å². The minimum Gasteiger partial charge on any atom is -0.369 e. The lowest BCUT2D eigenvalue weighted by Gasteiger charge is -2.25. The molecule has 3 aromatic rings. The van der Waals surface area contributed by atoms with Crippen molar-refractivity contribution in [1.82, 2.24) is 4.98 Å². The third-order valence-electron chi connectivity index (χ3n) is 5.27. The van der Waals surface area contributed by atoms with Gasteiger partial charge in [0.1, 0.15) is 5.92 Å². The molecule has 1 aromatic heterocycles. The SMILES string of the molecule is CC1=NN(c2nc(-c3ccccc3)cs2)C(=O)[C@@H]1[C@@H](c1ccccc1)[C@H](C#N)C(N)=O. The van der Waals surface area contributed by atoms with Crippen molar-refractivity contribution >= 4 is 34.0 Å². The first kappa shape index (κ1) is 20.4. The van der Waals surface area contributed by atoms with Crippen molar-refractivity contribution in [2.75, 3.05) is 5.01 Å². The van der Waals surface area contributed by atoms with Crippen molar-refractivity contribution in [2.24, 2.45) is 22.7 Å². The number of nitrogens with two attached hydrogens (primary N) is 1. The Hall–Kier alpha value is -3.83. The molecule has 0 aliphatic carbocycles. The highest BCUT2D eigenvalue weighted by Gasteiger charge is 2.46. The van der Waals surface area contributed by atoms with E-state index < -0.39 is 23.7 Å². The van der Waals surface area contributed by atoms with Crippen LogP contribution in [0.2, 0.25) is 0 Å². The highest BCUT2D eigenvalue weighted by Crippen LogP contribution is 2.39. The van der Waals surface area contributed by atoms with Gasteiger partial charge in [0, 0.05) is 22.6 Å². The van der Waals surface area contributed by atoms with Crippen LogP contribution in [0, 0.1) is 23.2 Å². The summed E-state index contributed by atoms with van der Waals surface area (Å²) in [6, 6.07) is 20.6. The van der Waals surface area contributed by atoms with Crippen LogP contribution in [-0.4, -0.2) is 22.5 Å². The lowest BCUT2D eigenvalue weighted by atomic mass is 9.75. The zero-order valence-corrected chi connectivity index (χ0v) is 17.5.